The van der Waals surface area contributed by atoms with E-state index in [0.717, 1.165) is 0 Å². The third kappa shape index (κ3) is 3.83. The van der Waals surface area contributed by atoms with Crippen molar-refractivity contribution in [2.45, 2.75) is 51.4 Å². The minimum atomic E-state index is -3.24. The highest BCUT2D eigenvalue weighted by molar-refractivity contribution is 5.85. The third-order valence-corrected chi connectivity index (χ3v) is 2.25. The van der Waals surface area contributed by atoms with Crippen LogP contribution in [0.1, 0.15) is 33.6 Å². The summed E-state index contributed by atoms with van der Waals surface area (Å²) in [6, 6.07) is 0. The van der Waals surface area contributed by atoms with E-state index in [1.165, 1.54) is 0 Å². The molecule has 0 N–H and O–H groups in total. The van der Waals surface area contributed by atoms with E-state index in [2.05, 4.69) is 0 Å². The van der Waals surface area contributed by atoms with Gasteiger partial charge >= 0.3 is 5.92 Å². The molecule has 3 nitrogen and oxygen atoms in total. The fourth-order valence-electron chi connectivity index (χ4n) is 1.42. The Morgan fingerprint density at radius 3 is 2.53 bits per heavy atom. The molecule has 1 heterocycles. The first-order valence-corrected chi connectivity index (χ1v) is 4.93. The van der Waals surface area contributed by atoms with Gasteiger partial charge in [0.1, 0.15) is 0 Å². The van der Waals surface area contributed by atoms with E-state index in [1.807, 2.05) is 0 Å². The van der Waals surface area contributed by atoms with Crippen LogP contribution in [0.2, 0.25) is 0 Å². The van der Waals surface area contributed by atoms with Crippen LogP contribution in [0.15, 0.2) is 0 Å². The summed E-state index contributed by atoms with van der Waals surface area (Å²) in [6.07, 6.45) is -0.148. The van der Waals surface area contributed by atoms with E-state index in [-0.39, 0.29) is 18.9 Å². The first-order chi connectivity index (χ1) is 6.71. The van der Waals surface area contributed by atoms with Crippen molar-refractivity contribution in [3.8, 4) is 0 Å². The lowest BCUT2D eigenvalue weighted by Crippen LogP contribution is -2.26. The van der Waals surface area contributed by atoms with E-state index in [4.69, 9.17) is 9.47 Å². The number of carbonyl (C=O) groups excluding carboxylic acids is 1. The van der Waals surface area contributed by atoms with Crippen molar-refractivity contribution >= 4 is 5.78 Å². The zero-order chi connectivity index (χ0) is 11.7. The molecule has 0 spiro atoms. The molecule has 5 heteroatoms. The van der Waals surface area contributed by atoms with E-state index >= 15 is 0 Å². The topological polar surface area (TPSA) is 35.5 Å². The highest BCUT2D eigenvalue weighted by Gasteiger charge is 2.35. The van der Waals surface area contributed by atoms with Gasteiger partial charge in [-0.3, -0.25) is 4.79 Å². The second kappa shape index (κ2) is 4.14. The maximum absolute atomic E-state index is 12.5. The molecule has 15 heavy (non-hydrogen) atoms. The third-order valence-electron chi connectivity index (χ3n) is 2.25. The Morgan fingerprint density at radius 1 is 1.53 bits per heavy atom. The Kier molecular flexibility index (Phi) is 3.45. The van der Waals surface area contributed by atoms with Gasteiger partial charge in [-0.1, -0.05) is 0 Å². The molecule has 1 aliphatic rings. The quantitative estimate of drug-likeness (QED) is 0.731. The molecule has 88 valence electrons. The predicted octanol–water partition coefficient (Wildman–Crippen LogP) is 2.14. The van der Waals surface area contributed by atoms with E-state index in [9.17, 15) is 13.6 Å². The van der Waals surface area contributed by atoms with Crippen LogP contribution < -0.4 is 0 Å². The Hall–Kier alpha value is -0.550. The summed E-state index contributed by atoms with van der Waals surface area (Å²) in [6.45, 7) is 4.48. The zero-order valence-electron chi connectivity index (χ0n) is 9.18. The summed E-state index contributed by atoms with van der Waals surface area (Å²) >= 11 is 0. The molecule has 0 aliphatic carbocycles. The molecule has 1 aliphatic heterocycles. The highest BCUT2D eigenvalue weighted by atomic mass is 19.3. The summed E-state index contributed by atoms with van der Waals surface area (Å²) in [5.41, 5.74) is 0. The first-order valence-electron chi connectivity index (χ1n) is 4.93. The molecule has 1 atom stereocenters. The maximum Gasteiger partial charge on any atom is 0.302 e. The van der Waals surface area contributed by atoms with Crippen LogP contribution in [-0.2, 0) is 14.3 Å². The number of Topliss-reactive ketones (excluding diaryl/α,β-unsaturated/α-hetero) is 1. The summed E-state index contributed by atoms with van der Waals surface area (Å²) < 4.78 is 35.7. The van der Waals surface area contributed by atoms with Crippen molar-refractivity contribution in [1.82, 2.24) is 0 Å². The van der Waals surface area contributed by atoms with Crippen LogP contribution >= 0.6 is 0 Å². The molecule has 0 amide bonds. The lowest BCUT2D eigenvalue weighted by atomic mass is 10.1. The number of ether oxygens (including phenoxy) is 2. The number of rotatable bonds is 4. The molecule has 0 aromatic rings. The molecule has 0 bridgehead atoms. The van der Waals surface area contributed by atoms with Gasteiger partial charge in [-0.05, 0) is 20.3 Å². The van der Waals surface area contributed by atoms with Crippen LogP contribution in [0.5, 0.6) is 0 Å². The molecule has 0 saturated carbocycles. The molecule has 1 saturated heterocycles. The van der Waals surface area contributed by atoms with Crippen LogP contribution in [0.3, 0.4) is 0 Å². The molecule has 0 aromatic carbocycles. The van der Waals surface area contributed by atoms with Crippen molar-refractivity contribution in [2.24, 2.45) is 0 Å². The summed E-state index contributed by atoms with van der Waals surface area (Å²) in [5, 5.41) is 0. The molecule has 1 unspecified atom stereocenters. The van der Waals surface area contributed by atoms with E-state index in [0.29, 0.717) is 13.5 Å². The van der Waals surface area contributed by atoms with E-state index < -0.39 is 17.5 Å². The lowest BCUT2D eigenvalue weighted by Gasteiger charge is -2.17. The number of hydrogen-bond acceptors (Lipinski definition) is 3. The molecular formula is C10H16F2O3. The second-order valence-electron chi connectivity index (χ2n) is 4.30. The molecular weight excluding hydrogens is 206 g/mol. The highest BCUT2D eigenvalue weighted by Crippen LogP contribution is 2.26. The fourth-order valence-corrected chi connectivity index (χ4v) is 1.42. The van der Waals surface area contributed by atoms with Gasteiger partial charge in [0.25, 0.3) is 0 Å². The van der Waals surface area contributed by atoms with Gasteiger partial charge in [0.15, 0.2) is 5.79 Å². The molecule has 0 aromatic heterocycles. The number of halogens is 2. The van der Waals surface area contributed by atoms with Crippen molar-refractivity contribution in [2.75, 3.05) is 6.61 Å². The second-order valence-corrected chi connectivity index (χ2v) is 4.30. The number of alkyl halides is 2. The largest absolute Gasteiger partial charge is 0.348 e. The van der Waals surface area contributed by atoms with Gasteiger partial charge in [-0.15, -0.1) is 0 Å². The molecule has 1 fully saturated rings. The van der Waals surface area contributed by atoms with Gasteiger partial charge in [0.05, 0.1) is 12.7 Å². The fraction of sp³-hybridized carbons (Fsp3) is 0.900. The van der Waals surface area contributed by atoms with Crippen molar-refractivity contribution < 1.29 is 23.0 Å². The van der Waals surface area contributed by atoms with Gasteiger partial charge in [-0.25, -0.2) is 0 Å². The Labute approximate surface area is 87.7 Å². The minimum Gasteiger partial charge on any atom is -0.348 e. The zero-order valence-corrected chi connectivity index (χ0v) is 9.18. The average Bonchev–Trinajstić information content (AvgIpc) is 2.39. The number of carbonyl (C=O) groups is 1. The molecule has 1 rings (SSSR count). The summed E-state index contributed by atoms with van der Waals surface area (Å²) in [4.78, 5) is 10.9. The van der Waals surface area contributed by atoms with Crippen LogP contribution in [0.25, 0.3) is 0 Å². The lowest BCUT2D eigenvalue weighted by molar-refractivity contribution is -0.146. The predicted molar refractivity (Wildman–Crippen MR) is 49.8 cm³/mol. The number of ketones is 1. The normalized spacial score (nSPS) is 25.5. The van der Waals surface area contributed by atoms with Crippen LogP contribution in [0, 0.1) is 0 Å². The van der Waals surface area contributed by atoms with Gasteiger partial charge in [0.2, 0.25) is 5.78 Å². The Bertz CT molecular complexity index is 246. The van der Waals surface area contributed by atoms with Crippen LogP contribution in [0.4, 0.5) is 8.78 Å². The monoisotopic (exact) mass is 222 g/mol. The first kappa shape index (κ1) is 12.5. The maximum atomic E-state index is 12.5. The average molecular weight is 222 g/mol. The standard InChI is InChI=1S/C10H16F2O3/c1-9(2)14-6-7(15-9)4-5-8(13)10(3,11)12/h7H,4-6H2,1-3H3. The Balaban J connectivity index is 2.31. The summed E-state index contributed by atoms with van der Waals surface area (Å²) in [7, 11) is 0. The minimum absolute atomic E-state index is 0.173. The molecule has 0 radical (unpaired) electrons. The van der Waals surface area contributed by atoms with Crippen molar-refractivity contribution in [3.05, 3.63) is 0 Å². The van der Waals surface area contributed by atoms with E-state index in [1.54, 1.807) is 13.8 Å². The number of hydrogen-bond donors (Lipinski definition) is 0. The summed E-state index contributed by atoms with van der Waals surface area (Å²) in [5.74, 6) is -4.95. The van der Waals surface area contributed by atoms with Crippen molar-refractivity contribution in [1.29, 1.82) is 0 Å². The Morgan fingerprint density at radius 2 is 2.13 bits per heavy atom. The smallest absolute Gasteiger partial charge is 0.302 e. The van der Waals surface area contributed by atoms with Gasteiger partial charge < -0.3 is 9.47 Å². The van der Waals surface area contributed by atoms with Crippen molar-refractivity contribution in [3.63, 3.8) is 0 Å². The van der Waals surface area contributed by atoms with Gasteiger partial charge in [0, 0.05) is 13.3 Å². The van der Waals surface area contributed by atoms with Crippen LogP contribution in [-0.4, -0.2) is 30.2 Å². The van der Waals surface area contributed by atoms with Gasteiger partial charge in [-0.2, -0.15) is 8.78 Å². The SMILES string of the molecule is CC1(C)OCC(CCC(=O)C(C)(F)F)O1.